The Hall–Kier alpha value is -3.02. The number of ether oxygens (including phenoxy) is 1. The molecule has 0 aromatic heterocycles. The smallest absolute Gasteiger partial charge is 0.245 e. The summed E-state index contributed by atoms with van der Waals surface area (Å²) in [5.41, 5.74) is 5.54. The maximum absolute atomic E-state index is 11.8. The number of carbonyl (C=O) groups excluding carboxylic acids is 1. The number of rotatable bonds is 7. The van der Waals surface area contributed by atoms with Gasteiger partial charge in [-0.25, -0.2) is 0 Å². The number of methoxy groups -OCH3 is 1. The Morgan fingerprint density at radius 3 is 2.38 bits per heavy atom. The van der Waals surface area contributed by atoms with E-state index in [9.17, 15) is 4.79 Å². The number of anilines is 2. The highest BCUT2D eigenvalue weighted by Crippen LogP contribution is 2.14. The molecule has 0 radical (unpaired) electrons. The molecule has 6 nitrogen and oxygen atoms in total. The number of benzene rings is 2. The van der Waals surface area contributed by atoms with E-state index in [0.717, 1.165) is 17.0 Å². The predicted molar refractivity (Wildman–Crippen MR) is 98.0 cm³/mol. The summed E-state index contributed by atoms with van der Waals surface area (Å²) in [4.78, 5) is 13.8. The van der Waals surface area contributed by atoms with Crippen molar-refractivity contribution in [2.24, 2.45) is 5.10 Å². The largest absolute Gasteiger partial charge is 0.497 e. The summed E-state index contributed by atoms with van der Waals surface area (Å²) in [6, 6.07) is 15.1. The van der Waals surface area contributed by atoms with E-state index >= 15 is 0 Å². The molecule has 0 fully saturated rings. The van der Waals surface area contributed by atoms with E-state index in [1.54, 1.807) is 37.6 Å². The molecule has 0 spiro atoms. The van der Waals surface area contributed by atoms with Gasteiger partial charge in [0.15, 0.2) is 0 Å². The van der Waals surface area contributed by atoms with Crippen molar-refractivity contribution in [1.29, 1.82) is 0 Å². The van der Waals surface area contributed by atoms with E-state index < -0.39 is 0 Å². The molecule has 0 aliphatic rings. The summed E-state index contributed by atoms with van der Waals surface area (Å²) in [5.74, 6) is 0.580. The van der Waals surface area contributed by atoms with Gasteiger partial charge in [0.2, 0.25) is 5.91 Å². The Balaban J connectivity index is 1.77. The van der Waals surface area contributed by atoms with E-state index in [1.165, 1.54) is 0 Å². The van der Waals surface area contributed by atoms with Crippen LogP contribution in [0.4, 0.5) is 11.4 Å². The third kappa shape index (κ3) is 5.31. The summed E-state index contributed by atoms with van der Waals surface area (Å²) in [6.45, 7) is 0.0955. The summed E-state index contributed by atoms with van der Waals surface area (Å²) < 4.78 is 5.07. The van der Waals surface area contributed by atoms with Crippen molar-refractivity contribution in [2.75, 3.05) is 38.0 Å². The first-order chi connectivity index (χ1) is 11.6. The van der Waals surface area contributed by atoms with Crippen molar-refractivity contribution in [1.82, 2.24) is 5.43 Å². The highest BCUT2D eigenvalue weighted by molar-refractivity contribution is 5.92. The Kier molecular flexibility index (Phi) is 6.19. The predicted octanol–water partition coefficient (Wildman–Crippen LogP) is 2.32. The van der Waals surface area contributed by atoms with Gasteiger partial charge in [0.1, 0.15) is 12.3 Å². The lowest BCUT2D eigenvalue weighted by Gasteiger charge is -2.11. The van der Waals surface area contributed by atoms with Crippen molar-refractivity contribution >= 4 is 23.5 Å². The maximum Gasteiger partial charge on any atom is 0.245 e. The van der Waals surface area contributed by atoms with Gasteiger partial charge in [0.05, 0.1) is 13.3 Å². The van der Waals surface area contributed by atoms with E-state index in [4.69, 9.17) is 4.74 Å². The molecule has 6 heteroatoms. The van der Waals surface area contributed by atoms with Crippen LogP contribution in [-0.4, -0.2) is 39.9 Å². The number of carbonyl (C=O) groups is 1. The molecule has 0 heterocycles. The van der Waals surface area contributed by atoms with Gasteiger partial charge in [-0.1, -0.05) is 12.1 Å². The van der Waals surface area contributed by atoms with Gasteiger partial charge >= 0.3 is 0 Å². The fourth-order valence-electron chi connectivity index (χ4n) is 1.98. The van der Waals surface area contributed by atoms with Gasteiger partial charge in [0, 0.05) is 25.5 Å². The minimum absolute atomic E-state index is 0.0955. The molecule has 0 aliphatic carbocycles. The van der Waals surface area contributed by atoms with Crippen LogP contribution in [0.25, 0.3) is 0 Å². The third-order valence-electron chi connectivity index (χ3n) is 3.33. The Bertz CT molecular complexity index is 679. The van der Waals surface area contributed by atoms with E-state index in [-0.39, 0.29) is 12.5 Å². The lowest BCUT2D eigenvalue weighted by Crippen LogP contribution is -2.24. The van der Waals surface area contributed by atoms with Crippen molar-refractivity contribution in [3.05, 3.63) is 54.1 Å². The minimum Gasteiger partial charge on any atom is -0.497 e. The van der Waals surface area contributed by atoms with Crippen LogP contribution in [0, 0.1) is 0 Å². The van der Waals surface area contributed by atoms with Gasteiger partial charge in [-0.3, -0.25) is 4.79 Å². The first-order valence-electron chi connectivity index (χ1n) is 7.55. The summed E-state index contributed by atoms with van der Waals surface area (Å²) in [7, 11) is 5.59. The molecule has 0 saturated carbocycles. The molecule has 0 unspecified atom stereocenters. The fourth-order valence-corrected chi connectivity index (χ4v) is 1.98. The molecule has 0 aliphatic heterocycles. The summed E-state index contributed by atoms with van der Waals surface area (Å²) >= 11 is 0. The molecular weight excluding hydrogens is 304 g/mol. The average Bonchev–Trinajstić information content (AvgIpc) is 2.60. The van der Waals surface area contributed by atoms with Gasteiger partial charge in [0.25, 0.3) is 0 Å². The molecule has 24 heavy (non-hydrogen) atoms. The highest BCUT2D eigenvalue weighted by atomic mass is 16.5. The van der Waals surface area contributed by atoms with Crippen LogP contribution in [0.1, 0.15) is 5.56 Å². The highest BCUT2D eigenvalue weighted by Gasteiger charge is 2.01. The maximum atomic E-state index is 11.8. The van der Waals surface area contributed by atoms with Crippen molar-refractivity contribution in [3.8, 4) is 5.75 Å². The second-order valence-corrected chi connectivity index (χ2v) is 5.36. The van der Waals surface area contributed by atoms with Crippen molar-refractivity contribution in [3.63, 3.8) is 0 Å². The molecule has 2 rings (SSSR count). The lowest BCUT2D eigenvalue weighted by molar-refractivity contribution is -0.115. The summed E-state index contributed by atoms with van der Waals surface area (Å²) in [5, 5.41) is 6.83. The molecule has 126 valence electrons. The van der Waals surface area contributed by atoms with E-state index in [0.29, 0.717) is 5.69 Å². The first-order valence-corrected chi connectivity index (χ1v) is 7.55. The standard InChI is InChI=1S/C18H22N4O2/c1-22(2)16-8-4-14(5-9-16)12-19-20-13-18(23)21-15-6-10-17(24-3)11-7-15/h4-12,20H,13H2,1-3H3,(H,21,23)/b19-12+. The van der Waals surface area contributed by atoms with Gasteiger partial charge in [-0.15, -0.1) is 0 Å². The molecule has 1 amide bonds. The molecule has 0 saturated heterocycles. The number of nitrogens with one attached hydrogen (secondary N) is 2. The molecule has 2 aromatic carbocycles. The van der Waals surface area contributed by atoms with Crippen LogP contribution in [-0.2, 0) is 4.79 Å². The lowest BCUT2D eigenvalue weighted by atomic mass is 10.2. The zero-order valence-electron chi connectivity index (χ0n) is 14.1. The molecule has 0 bridgehead atoms. The number of hydrogen-bond acceptors (Lipinski definition) is 5. The van der Waals surface area contributed by atoms with Crippen LogP contribution >= 0.6 is 0 Å². The number of hydrazone groups is 1. The quantitative estimate of drug-likeness (QED) is 0.605. The Morgan fingerprint density at radius 2 is 1.79 bits per heavy atom. The molecule has 0 atom stereocenters. The average molecular weight is 326 g/mol. The van der Waals surface area contributed by atoms with Crippen molar-refractivity contribution < 1.29 is 9.53 Å². The Morgan fingerprint density at radius 1 is 1.12 bits per heavy atom. The zero-order chi connectivity index (χ0) is 17.4. The van der Waals surface area contributed by atoms with Crippen LogP contribution in [0.5, 0.6) is 5.75 Å². The number of nitrogens with zero attached hydrogens (tertiary/aromatic N) is 2. The molecule has 2 N–H and O–H groups in total. The van der Waals surface area contributed by atoms with Crippen LogP contribution in [0.15, 0.2) is 53.6 Å². The second kappa shape index (κ2) is 8.57. The first kappa shape index (κ1) is 17.3. The van der Waals surface area contributed by atoms with Gasteiger partial charge in [-0.2, -0.15) is 5.10 Å². The van der Waals surface area contributed by atoms with Crippen LogP contribution in [0.3, 0.4) is 0 Å². The Labute approximate surface area is 142 Å². The SMILES string of the molecule is COc1ccc(NC(=O)CN/N=C/c2ccc(N(C)C)cc2)cc1. The normalized spacial score (nSPS) is 10.5. The van der Waals surface area contributed by atoms with Gasteiger partial charge in [-0.05, 0) is 42.0 Å². The zero-order valence-corrected chi connectivity index (χ0v) is 14.1. The van der Waals surface area contributed by atoms with E-state index in [2.05, 4.69) is 15.8 Å². The fraction of sp³-hybridized carbons (Fsp3) is 0.222. The van der Waals surface area contributed by atoms with Gasteiger partial charge < -0.3 is 20.4 Å². The topological polar surface area (TPSA) is 66.0 Å². The monoisotopic (exact) mass is 326 g/mol. The second-order valence-electron chi connectivity index (χ2n) is 5.36. The number of amides is 1. The summed E-state index contributed by atoms with van der Waals surface area (Å²) in [6.07, 6.45) is 1.68. The number of hydrogen-bond donors (Lipinski definition) is 2. The third-order valence-corrected chi connectivity index (χ3v) is 3.33. The molecular formula is C18H22N4O2. The van der Waals surface area contributed by atoms with Crippen LogP contribution < -0.4 is 20.4 Å². The van der Waals surface area contributed by atoms with E-state index in [1.807, 2.05) is 43.3 Å². The molecule has 2 aromatic rings. The van der Waals surface area contributed by atoms with Crippen molar-refractivity contribution in [2.45, 2.75) is 0 Å². The minimum atomic E-state index is -0.166. The van der Waals surface area contributed by atoms with Crippen LogP contribution in [0.2, 0.25) is 0 Å².